The number of nitrogens with one attached hydrogen (secondary N) is 1. The number of halogens is 2. The molecule has 1 atom stereocenters. The van der Waals surface area contributed by atoms with Crippen LogP contribution in [-0.2, 0) is 13.0 Å². The fourth-order valence-corrected chi connectivity index (χ4v) is 7.72. The lowest BCUT2D eigenvalue weighted by molar-refractivity contribution is 0.0104. The Bertz CT molecular complexity index is 1610. The second kappa shape index (κ2) is 14.0. The lowest BCUT2D eigenvalue weighted by atomic mass is 9.63. The molecule has 2 aliphatic rings. The maximum Gasteiger partial charge on any atom is 0.287 e. The van der Waals surface area contributed by atoms with Gasteiger partial charge in [0.2, 0.25) is 0 Å². The van der Waals surface area contributed by atoms with Crippen molar-refractivity contribution < 1.29 is 9.21 Å². The summed E-state index contributed by atoms with van der Waals surface area (Å²) in [6.45, 7) is 3.87. The van der Waals surface area contributed by atoms with Crippen molar-refractivity contribution in [1.82, 2.24) is 25.0 Å². The second-order valence-corrected chi connectivity index (χ2v) is 13.9. The lowest BCUT2D eigenvalue weighted by Gasteiger charge is -2.48. The van der Waals surface area contributed by atoms with Gasteiger partial charge in [0.05, 0.1) is 5.39 Å². The molecular weight excluding hydrogens is 642 g/mol. The quantitative estimate of drug-likeness (QED) is 0.196. The molecule has 1 aliphatic heterocycles. The molecule has 1 amide bonds. The van der Waals surface area contributed by atoms with Crippen molar-refractivity contribution in [1.29, 1.82) is 0 Å². The molecule has 0 unspecified atom stereocenters. The largest absolute Gasteiger partial charge is 0.451 e. The van der Waals surface area contributed by atoms with Crippen LogP contribution in [0, 0.1) is 11.3 Å². The number of hydrogen-bond acceptors (Lipinski definition) is 6. The average molecular weight is 681 g/mol. The van der Waals surface area contributed by atoms with Gasteiger partial charge in [-0.2, -0.15) is 5.10 Å². The number of carbonyl (C=O) groups excluding carboxylic acids is 1. The van der Waals surface area contributed by atoms with E-state index in [1.54, 1.807) is 24.5 Å². The zero-order valence-corrected chi connectivity index (χ0v) is 27.2. The van der Waals surface area contributed by atoms with E-state index in [0.29, 0.717) is 22.4 Å². The highest BCUT2D eigenvalue weighted by atomic mass is 79.9. The highest BCUT2D eigenvalue weighted by molar-refractivity contribution is 9.10. The van der Waals surface area contributed by atoms with Crippen LogP contribution in [0.2, 0.25) is 5.02 Å². The molecule has 232 valence electrons. The van der Waals surface area contributed by atoms with Gasteiger partial charge in [0.15, 0.2) is 11.2 Å². The first-order valence-corrected chi connectivity index (χ1v) is 16.9. The van der Waals surface area contributed by atoms with E-state index in [1.165, 1.54) is 38.2 Å². The Morgan fingerprint density at radius 3 is 2.59 bits per heavy atom. The third-order valence-electron chi connectivity index (χ3n) is 9.70. The van der Waals surface area contributed by atoms with Crippen molar-refractivity contribution in [3.05, 3.63) is 92.2 Å². The summed E-state index contributed by atoms with van der Waals surface area (Å²) in [7, 11) is 0. The Kier molecular flexibility index (Phi) is 9.83. The first-order chi connectivity index (χ1) is 21.4. The van der Waals surface area contributed by atoms with Gasteiger partial charge in [-0.3, -0.25) is 14.3 Å². The van der Waals surface area contributed by atoms with Crippen LogP contribution in [0.4, 0.5) is 0 Å². The van der Waals surface area contributed by atoms with E-state index in [2.05, 4.69) is 36.2 Å². The van der Waals surface area contributed by atoms with Crippen molar-refractivity contribution >= 4 is 44.4 Å². The zero-order chi connectivity index (χ0) is 30.5. The summed E-state index contributed by atoms with van der Waals surface area (Å²) in [5, 5.41) is 8.76. The van der Waals surface area contributed by atoms with Crippen LogP contribution in [0.1, 0.15) is 67.5 Å². The first kappa shape index (κ1) is 31.0. The third-order valence-corrected chi connectivity index (χ3v) is 10.4. The summed E-state index contributed by atoms with van der Waals surface area (Å²) >= 11 is 9.53. The normalized spacial score (nSPS) is 18.3. The second-order valence-electron chi connectivity index (χ2n) is 12.5. The van der Waals surface area contributed by atoms with Crippen LogP contribution in [0.25, 0.3) is 11.0 Å². The summed E-state index contributed by atoms with van der Waals surface area (Å²) in [4.78, 5) is 32.9. The standard InChI is InChI=1S/C34H39BrClN5O3/c35-26-8-11-31-29(19-26)30(42)20-32(44-31)33(43)39-28(18-24-6-9-27(36)10-7-24)12-15-40-16-13-34(14-17-40,21-41-23-37-22-38-41)25-4-2-1-3-5-25/h6-11,19-20,22-23,25,28H,1-5,12-18,21H2,(H,39,43)/t28-/m1/s1. The summed E-state index contributed by atoms with van der Waals surface area (Å²) < 4.78 is 8.69. The Labute approximate surface area is 271 Å². The summed E-state index contributed by atoms with van der Waals surface area (Å²) in [6, 6.07) is 14.1. The SMILES string of the molecule is O=C(N[C@H](CCN1CCC(Cn2cncn2)(C2CCCCC2)CC1)Cc1ccc(Cl)cc1)c1cc(=O)c2cc(Br)ccc2o1. The number of fused-ring (bicyclic) bond motifs is 1. The first-order valence-electron chi connectivity index (χ1n) is 15.7. The van der Waals surface area contributed by atoms with Gasteiger partial charge in [-0.25, -0.2) is 4.98 Å². The van der Waals surface area contributed by atoms with Crippen molar-refractivity contribution in [2.24, 2.45) is 11.3 Å². The van der Waals surface area contributed by atoms with Crippen molar-refractivity contribution in [2.45, 2.75) is 70.4 Å². The minimum atomic E-state index is -0.381. The fraction of sp³-hybridized carbons (Fsp3) is 0.471. The van der Waals surface area contributed by atoms with E-state index in [4.69, 9.17) is 16.0 Å². The molecule has 3 heterocycles. The minimum Gasteiger partial charge on any atom is -0.451 e. The van der Waals surface area contributed by atoms with Crippen LogP contribution in [0.15, 0.2) is 74.9 Å². The molecule has 2 fully saturated rings. The Balaban J connectivity index is 1.14. The van der Waals surface area contributed by atoms with Crippen LogP contribution in [-0.4, -0.2) is 51.2 Å². The number of benzene rings is 2. The molecule has 0 bridgehead atoms. The lowest BCUT2D eigenvalue weighted by Crippen LogP contribution is -2.48. The van der Waals surface area contributed by atoms with Gasteiger partial charge >= 0.3 is 0 Å². The molecule has 44 heavy (non-hydrogen) atoms. The van der Waals surface area contributed by atoms with Gasteiger partial charge < -0.3 is 14.6 Å². The predicted molar refractivity (Wildman–Crippen MR) is 176 cm³/mol. The van der Waals surface area contributed by atoms with Crippen LogP contribution in [0.5, 0.6) is 0 Å². The predicted octanol–water partition coefficient (Wildman–Crippen LogP) is 6.89. The summed E-state index contributed by atoms with van der Waals surface area (Å²) in [5.41, 5.74) is 1.49. The summed E-state index contributed by atoms with van der Waals surface area (Å²) in [5.74, 6) is 0.375. The highest BCUT2D eigenvalue weighted by Gasteiger charge is 2.42. The average Bonchev–Trinajstić information content (AvgIpc) is 3.55. The topological polar surface area (TPSA) is 93.3 Å². The number of rotatable bonds is 10. The molecule has 2 aromatic carbocycles. The molecule has 0 radical (unpaired) electrons. The smallest absolute Gasteiger partial charge is 0.287 e. The van der Waals surface area contributed by atoms with Gasteiger partial charge in [0.25, 0.3) is 5.91 Å². The molecule has 2 aromatic heterocycles. The van der Waals surface area contributed by atoms with Gasteiger partial charge in [-0.1, -0.05) is 58.9 Å². The van der Waals surface area contributed by atoms with Crippen LogP contribution >= 0.6 is 27.5 Å². The van der Waals surface area contributed by atoms with E-state index < -0.39 is 0 Å². The van der Waals surface area contributed by atoms with E-state index in [9.17, 15) is 9.59 Å². The van der Waals surface area contributed by atoms with E-state index in [0.717, 1.165) is 61.4 Å². The maximum absolute atomic E-state index is 13.4. The highest BCUT2D eigenvalue weighted by Crippen LogP contribution is 2.47. The molecule has 1 N–H and O–H groups in total. The molecule has 10 heteroatoms. The zero-order valence-electron chi connectivity index (χ0n) is 24.9. The van der Waals surface area contributed by atoms with Crippen LogP contribution < -0.4 is 10.7 Å². The van der Waals surface area contributed by atoms with E-state index >= 15 is 0 Å². The number of nitrogens with zero attached hydrogens (tertiary/aromatic N) is 4. The maximum atomic E-state index is 13.4. The number of hydrogen-bond donors (Lipinski definition) is 1. The van der Waals surface area contributed by atoms with Gasteiger partial charge in [-0.15, -0.1) is 0 Å². The fourth-order valence-electron chi connectivity index (χ4n) is 7.23. The van der Waals surface area contributed by atoms with E-state index in [-0.39, 0.29) is 28.6 Å². The molecule has 1 saturated heterocycles. The third kappa shape index (κ3) is 7.44. The number of likely N-dealkylation sites (tertiary alicyclic amines) is 1. The monoisotopic (exact) mass is 679 g/mol. The molecule has 0 spiro atoms. The number of carbonyl (C=O) groups is 1. The molecule has 4 aromatic rings. The van der Waals surface area contributed by atoms with Gasteiger partial charge in [-0.05, 0) is 98.8 Å². The van der Waals surface area contributed by atoms with Crippen molar-refractivity contribution in [2.75, 3.05) is 19.6 Å². The molecule has 1 aliphatic carbocycles. The Hall–Kier alpha value is -3.01. The molecule has 6 rings (SSSR count). The molecule has 8 nitrogen and oxygen atoms in total. The Morgan fingerprint density at radius 1 is 1.09 bits per heavy atom. The Morgan fingerprint density at radius 2 is 1.86 bits per heavy atom. The number of amides is 1. The van der Waals surface area contributed by atoms with Crippen LogP contribution in [0.3, 0.4) is 0 Å². The number of piperidine rings is 1. The van der Waals surface area contributed by atoms with Crippen molar-refractivity contribution in [3.63, 3.8) is 0 Å². The van der Waals surface area contributed by atoms with Crippen molar-refractivity contribution in [3.8, 4) is 0 Å². The number of aromatic nitrogens is 3. The van der Waals surface area contributed by atoms with Gasteiger partial charge in [0.1, 0.15) is 18.2 Å². The molecular formula is C34H39BrClN5O3. The van der Waals surface area contributed by atoms with Gasteiger partial charge in [0, 0.05) is 34.7 Å². The van der Waals surface area contributed by atoms with E-state index in [1.807, 2.05) is 35.3 Å². The summed E-state index contributed by atoms with van der Waals surface area (Å²) in [6.07, 6.45) is 13.8. The molecule has 1 saturated carbocycles. The minimum absolute atomic E-state index is 0.0225.